The van der Waals surface area contributed by atoms with Crippen LogP contribution in [-0.4, -0.2) is 30.3 Å². The van der Waals surface area contributed by atoms with Gasteiger partial charge in [0, 0.05) is 5.39 Å². The summed E-state index contributed by atoms with van der Waals surface area (Å²) in [5.74, 6) is 1.36. The lowest BCUT2D eigenvalue weighted by Crippen LogP contribution is -2.14. The average Bonchev–Trinajstić information content (AvgIpc) is 2.72. The van der Waals surface area contributed by atoms with Gasteiger partial charge in [0.25, 0.3) is 0 Å². The highest BCUT2D eigenvalue weighted by Gasteiger charge is 2.14. The lowest BCUT2D eigenvalue weighted by atomic mass is 10.1. The van der Waals surface area contributed by atoms with Gasteiger partial charge in [-0.2, -0.15) is 0 Å². The van der Waals surface area contributed by atoms with Crippen LogP contribution in [0.25, 0.3) is 10.9 Å². The maximum Gasteiger partial charge on any atom is 0.341 e. The van der Waals surface area contributed by atoms with Gasteiger partial charge in [0.05, 0.1) is 19.3 Å². The van der Waals surface area contributed by atoms with Crippen LogP contribution in [0.1, 0.15) is 42.6 Å². The normalized spacial score (nSPS) is 11.8. The number of anilines is 1. The molecule has 3 aromatic rings. The second-order valence-electron chi connectivity index (χ2n) is 7.20. The Kier molecular flexibility index (Phi) is 7.12. The lowest BCUT2D eigenvalue weighted by molar-refractivity contribution is 0.0521. The molecule has 0 spiro atoms. The highest BCUT2D eigenvalue weighted by Crippen LogP contribution is 2.26. The predicted octanol–water partition coefficient (Wildman–Crippen LogP) is 4.93. The fourth-order valence-corrected chi connectivity index (χ4v) is 3.20. The van der Waals surface area contributed by atoms with Gasteiger partial charge < -0.3 is 19.9 Å². The van der Waals surface area contributed by atoms with E-state index in [2.05, 4.69) is 4.98 Å². The van der Waals surface area contributed by atoms with Crippen molar-refractivity contribution >= 4 is 22.7 Å². The molecule has 0 radical (unpaired) electrons. The molecule has 1 unspecified atom stereocenters. The number of carbonyl (C=O) groups is 1. The maximum absolute atomic E-state index is 12.2. The van der Waals surface area contributed by atoms with Crippen molar-refractivity contribution in [2.45, 2.75) is 39.7 Å². The van der Waals surface area contributed by atoms with Gasteiger partial charge in [-0.1, -0.05) is 23.8 Å². The molecule has 1 aromatic heterocycles. The second-order valence-corrected chi connectivity index (χ2v) is 7.20. The van der Waals surface area contributed by atoms with E-state index in [4.69, 9.17) is 19.9 Å². The highest BCUT2D eigenvalue weighted by molar-refractivity contribution is 5.92. The van der Waals surface area contributed by atoms with Gasteiger partial charge in [-0.05, 0) is 63.9 Å². The van der Waals surface area contributed by atoms with Crippen LogP contribution in [0.2, 0.25) is 0 Å². The zero-order valence-electron chi connectivity index (χ0n) is 17.7. The fraction of sp³-hybridized carbons (Fsp3) is 0.333. The summed E-state index contributed by atoms with van der Waals surface area (Å²) in [5, 5.41) is 0.989. The molecule has 0 aliphatic carbocycles. The number of hydrogen-bond acceptors (Lipinski definition) is 6. The zero-order valence-corrected chi connectivity index (χ0v) is 17.7. The Labute approximate surface area is 177 Å². The molecule has 0 amide bonds. The van der Waals surface area contributed by atoms with Crippen molar-refractivity contribution in [3.8, 4) is 11.5 Å². The van der Waals surface area contributed by atoms with Gasteiger partial charge in [0.15, 0.2) is 0 Å². The Morgan fingerprint density at radius 3 is 2.77 bits per heavy atom. The minimum absolute atomic E-state index is 0.0232. The van der Waals surface area contributed by atoms with E-state index in [9.17, 15) is 4.79 Å². The number of rotatable bonds is 9. The minimum atomic E-state index is -0.365. The number of nitrogen functional groups attached to an aromatic ring is 1. The first-order chi connectivity index (χ1) is 14.5. The Balaban J connectivity index is 1.55. The molecule has 0 saturated heterocycles. The first-order valence-corrected chi connectivity index (χ1v) is 10.2. The van der Waals surface area contributed by atoms with Crippen molar-refractivity contribution in [2.24, 2.45) is 0 Å². The van der Waals surface area contributed by atoms with Crippen LogP contribution < -0.4 is 15.2 Å². The number of carbonyl (C=O) groups excluding carboxylic acids is 1. The zero-order chi connectivity index (χ0) is 21.5. The molecule has 30 heavy (non-hydrogen) atoms. The Morgan fingerprint density at radius 1 is 1.13 bits per heavy atom. The van der Waals surface area contributed by atoms with E-state index in [1.54, 1.807) is 19.1 Å². The van der Waals surface area contributed by atoms with Gasteiger partial charge in [-0.25, -0.2) is 9.78 Å². The first-order valence-electron chi connectivity index (χ1n) is 10.2. The SMILES string of the molecule is CCOC(=O)c1cc(C)ccc1OCCCC(C)Oc1cccc2ccc(N)nc12. The molecule has 2 N–H and O–H groups in total. The van der Waals surface area contributed by atoms with Crippen molar-refractivity contribution < 1.29 is 19.0 Å². The van der Waals surface area contributed by atoms with Gasteiger partial charge in [-0.15, -0.1) is 0 Å². The summed E-state index contributed by atoms with van der Waals surface area (Å²) in [6.07, 6.45) is 1.54. The third-order valence-electron chi connectivity index (χ3n) is 4.68. The van der Waals surface area contributed by atoms with E-state index >= 15 is 0 Å². The summed E-state index contributed by atoms with van der Waals surface area (Å²) in [7, 11) is 0. The quantitative estimate of drug-likeness (QED) is 0.399. The molecule has 2 aromatic carbocycles. The largest absolute Gasteiger partial charge is 0.493 e. The van der Waals surface area contributed by atoms with Gasteiger partial charge in [0.2, 0.25) is 0 Å². The Bertz CT molecular complexity index is 1020. The molecule has 1 atom stereocenters. The van der Waals surface area contributed by atoms with E-state index < -0.39 is 0 Å². The van der Waals surface area contributed by atoms with Gasteiger partial charge >= 0.3 is 5.97 Å². The summed E-state index contributed by atoms with van der Waals surface area (Å²) >= 11 is 0. The summed E-state index contributed by atoms with van der Waals surface area (Å²) in [4.78, 5) is 16.6. The Morgan fingerprint density at radius 2 is 1.97 bits per heavy atom. The summed E-state index contributed by atoms with van der Waals surface area (Å²) < 4.78 is 17.1. The number of hydrogen-bond donors (Lipinski definition) is 1. The molecule has 0 aliphatic heterocycles. The standard InChI is InChI=1S/C24H28N2O4/c1-4-28-24(27)19-15-16(2)10-12-20(19)29-14-6-7-17(3)30-21-9-5-8-18-11-13-22(25)26-23(18)21/h5,8-13,15,17H,4,6-7,14H2,1-3H3,(H2,25,26). The van der Waals surface area contributed by atoms with E-state index in [1.807, 2.05) is 50.2 Å². The predicted molar refractivity (Wildman–Crippen MR) is 118 cm³/mol. The number of benzene rings is 2. The van der Waals surface area contributed by atoms with Crippen LogP contribution in [0.15, 0.2) is 48.5 Å². The number of aromatic nitrogens is 1. The molecule has 0 bridgehead atoms. The molecule has 3 rings (SSSR count). The second kappa shape index (κ2) is 9.96. The van der Waals surface area contributed by atoms with Crippen LogP contribution in [0, 0.1) is 6.92 Å². The number of ether oxygens (including phenoxy) is 3. The van der Waals surface area contributed by atoms with Gasteiger partial charge in [0.1, 0.15) is 28.4 Å². The third kappa shape index (κ3) is 5.41. The van der Waals surface area contributed by atoms with Gasteiger partial charge in [-0.3, -0.25) is 0 Å². The molecule has 0 fully saturated rings. The minimum Gasteiger partial charge on any atom is -0.493 e. The Hall–Kier alpha value is -3.28. The molecular formula is C24H28N2O4. The van der Waals surface area contributed by atoms with Crippen molar-refractivity contribution in [2.75, 3.05) is 18.9 Å². The highest BCUT2D eigenvalue weighted by atomic mass is 16.5. The van der Waals surface area contributed by atoms with Crippen LogP contribution in [0.4, 0.5) is 5.82 Å². The molecule has 0 aliphatic rings. The van der Waals surface area contributed by atoms with Crippen molar-refractivity contribution in [1.29, 1.82) is 0 Å². The van der Waals surface area contributed by atoms with E-state index in [1.165, 1.54) is 0 Å². The molecular weight excluding hydrogens is 380 g/mol. The fourth-order valence-electron chi connectivity index (χ4n) is 3.20. The van der Waals surface area contributed by atoms with E-state index in [-0.39, 0.29) is 12.1 Å². The third-order valence-corrected chi connectivity index (χ3v) is 4.68. The van der Waals surface area contributed by atoms with E-state index in [0.717, 1.165) is 35.1 Å². The van der Waals surface area contributed by atoms with Crippen molar-refractivity contribution in [1.82, 2.24) is 4.98 Å². The molecule has 6 heteroatoms. The summed E-state index contributed by atoms with van der Waals surface area (Å²) in [6, 6.07) is 15.1. The molecule has 1 heterocycles. The van der Waals surface area contributed by atoms with E-state index in [0.29, 0.717) is 30.3 Å². The molecule has 158 valence electrons. The summed E-state index contributed by atoms with van der Waals surface area (Å²) in [6.45, 7) is 6.54. The van der Waals surface area contributed by atoms with Crippen LogP contribution in [0.3, 0.4) is 0 Å². The topological polar surface area (TPSA) is 83.7 Å². The number of para-hydroxylation sites is 1. The van der Waals surface area contributed by atoms with Crippen molar-refractivity contribution in [3.63, 3.8) is 0 Å². The monoisotopic (exact) mass is 408 g/mol. The number of nitrogens with zero attached hydrogens (tertiary/aromatic N) is 1. The summed E-state index contributed by atoms with van der Waals surface area (Å²) in [5.41, 5.74) is 8.03. The number of esters is 1. The molecule has 6 nitrogen and oxygen atoms in total. The first kappa shape index (κ1) is 21.4. The van der Waals surface area contributed by atoms with Crippen LogP contribution >= 0.6 is 0 Å². The van der Waals surface area contributed by atoms with Crippen molar-refractivity contribution in [3.05, 3.63) is 59.7 Å². The number of pyridine rings is 1. The average molecular weight is 408 g/mol. The maximum atomic E-state index is 12.2. The molecule has 0 saturated carbocycles. The number of fused-ring (bicyclic) bond motifs is 1. The van der Waals surface area contributed by atoms with Crippen LogP contribution in [0.5, 0.6) is 11.5 Å². The number of nitrogens with two attached hydrogens (primary N) is 1. The number of aryl methyl sites for hydroxylation is 1. The smallest absolute Gasteiger partial charge is 0.341 e. The lowest BCUT2D eigenvalue weighted by Gasteiger charge is -2.17. The van der Waals surface area contributed by atoms with Crippen LogP contribution in [-0.2, 0) is 4.74 Å².